The molecule has 3 nitrogen and oxygen atoms in total. The van der Waals surface area contributed by atoms with Gasteiger partial charge >= 0.3 is 12.6 Å². The van der Waals surface area contributed by atoms with E-state index in [0.29, 0.717) is 5.56 Å². The standard InChI is InChI=1S/C9H6BrClF2O3/c10-3-4-1-6(11)5(8(14)15)2-7(4)16-9(12)13/h1-2,9H,3H2,(H,14,15). The van der Waals surface area contributed by atoms with Crippen LogP contribution in [0.1, 0.15) is 15.9 Å². The van der Waals surface area contributed by atoms with E-state index >= 15 is 0 Å². The molecule has 0 spiro atoms. The molecule has 0 unspecified atom stereocenters. The van der Waals surface area contributed by atoms with Crippen molar-refractivity contribution in [1.82, 2.24) is 0 Å². The Morgan fingerprint density at radius 2 is 2.19 bits per heavy atom. The van der Waals surface area contributed by atoms with Crippen LogP contribution in [0.3, 0.4) is 0 Å². The number of hydrogen-bond acceptors (Lipinski definition) is 2. The third-order valence-corrected chi connectivity index (χ3v) is 2.66. The summed E-state index contributed by atoms with van der Waals surface area (Å²) in [6, 6.07) is 2.25. The summed E-state index contributed by atoms with van der Waals surface area (Å²) < 4.78 is 28.3. The molecule has 0 aliphatic rings. The summed E-state index contributed by atoms with van der Waals surface area (Å²) in [5, 5.41) is 8.95. The Labute approximate surface area is 103 Å². The molecule has 0 aliphatic carbocycles. The molecule has 16 heavy (non-hydrogen) atoms. The number of carbonyl (C=O) groups is 1. The summed E-state index contributed by atoms with van der Waals surface area (Å²) in [5.74, 6) is -1.50. The molecule has 0 heterocycles. The molecule has 1 rings (SSSR count). The Balaban J connectivity index is 3.23. The summed E-state index contributed by atoms with van der Waals surface area (Å²) in [7, 11) is 0. The van der Waals surface area contributed by atoms with E-state index in [9.17, 15) is 13.6 Å². The molecule has 0 bridgehead atoms. The number of halogens is 4. The van der Waals surface area contributed by atoms with Gasteiger partial charge in [0.1, 0.15) is 5.75 Å². The minimum Gasteiger partial charge on any atom is -0.478 e. The van der Waals surface area contributed by atoms with Crippen LogP contribution in [0.4, 0.5) is 8.78 Å². The number of rotatable bonds is 4. The van der Waals surface area contributed by atoms with Gasteiger partial charge in [-0.25, -0.2) is 4.79 Å². The Morgan fingerprint density at radius 3 is 2.62 bits per heavy atom. The van der Waals surface area contributed by atoms with Crippen LogP contribution >= 0.6 is 27.5 Å². The molecule has 1 aromatic rings. The van der Waals surface area contributed by atoms with Crippen LogP contribution in [0, 0.1) is 0 Å². The summed E-state index contributed by atoms with van der Waals surface area (Å²) in [6.07, 6.45) is 0. The minimum atomic E-state index is -3.01. The summed E-state index contributed by atoms with van der Waals surface area (Å²) in [5.41, 5.74) is 0.0808. The first-order valence-corrected chi connectivity index (χ1v) is 5.52. The highest BCUT2D eigenvalue weighted by atomic mass is 79.9. The van der Waals surface area contributed by atoms with Crippen LogP contribution < -0.4 is 4.74 Å². The minimum absolute atomic E-state index is 0.0245. The summed E-state index contributed by atoms with van der Waals surface area (Å²) >= 11 is 8.73. The van der Waals surface area contributed by atoms with Crippen LogP contribution in [0.15, 0.2) is 12.1 Å². The Hall–Kier alpha value is -0.880. The van der Waals surface area contributed by atoms with Gasteiger partial charge in [0.2, 0.25) is 0 Å². The predicted octanol–water partition coefficient (Wildman–Crippen LogP) is 3.53. The lowest BCUT2D eigenvalue weighted by molar-refractivity contribution is -0.0503. The van der Waals surface area contributed by atoms with Gasteiger partial charge in [-0.05, 0) is 12.1 Å². The van der Waals surface area contributed by atoms with Crippen molar-refractivity contribution in [3.8, 4) is 5.75 Å². The molecule has 0 fully saturated rings. The number of aromatic carboxylic acids is 1. The maximum absolute atomic E-state index is 12.1. The van der Waals surface area contributed by atoms with E-state index in [1.807, 2.05) is 0 Å². The van der Waals surface area contributed by atoms with Gasteiger partial charge in [-0.1, -0.05) is 27.5 Å². The van der Waals surface area contributed by atoms with Gasteiger partial charge in [0.25, 0.3) is 0 Å². The van der Waals surface area contributed by atoms with Gasteiger partial charge in [0, 0.05) is 10.9 Å². The normalized spacial score (nSPS) is 10.6. The van der Waals surface area contributed by atoms with E-state index in [4.69, 9.17) is 16.7 Å². The Morgan fingerprint density at radius 1 is 1.56 bits per heavy atom. The highest BCUT2D eigenvalue weighted by Gasteiger charge is 2.16. The molecule has 0 saturated carbocycles. The van der Waals surface area contributed by atoms with Gasteiger partial charge in [-0.15, -0.1) is 0 Å². The molecule has 0 radical (unpaired) electrons. The van der Waals surface area contributed by atoms with E-state index in [0.717, 1.165) is 6.07 Å². The Kier molecular flexibility index (Phi) is 4.49. The second-order valence-corrected chi connectivity index (χ2v) is 3.72. The average Bonchev–Trinajstić information content (AvgIpc) is 2.18. The zero-order valence-electron chi connectivity index (χ0n) is 7.71. The first-order chi connectivity index (χ1) is 7.45. The van der Waals surface area contributed by atoms with Crippen molar-refractivity contribution < 1.29 is 23.4 Å². The van der Waals surface area contributed by atoms with Crippen molar-refractivity contribution >= 4 is 33.5 Å². The fraction of sp³-hybridized carbons (Fsp3) is 0.222. The monoisotopic (exact) mass is 314 g/mol. The molecule has 88 valence electrons. The summed E-state index contributed by atoms with van der Waals surface area (Å²) in [6.45, 7) is -3.01. The topological polar surface area (TPSA) is 46.5 Å². The largest absolute Gasteiger partial charge is 0.478 e. The van der Waals surface area contributed by atoms with Gasteiger partial charge in [-0.3, -0.25) is 0 Å². The average molecular weight is 315 g/mol. The van der Waals surface area contributed by atoms with Crippen molar-refractivity contribution in [2.24, 2.45) is 0 Å². The van der Waals surface area contributed by atoms with Crippen molar-refractivity contribution in [3.63, 3.8) is 0 Å². The molecule has 0 aliphatic heterocycles. The van der Waals surface area contributed by atoms with Crippen LogP contribution in [0.25, 0.3) is 0 Å². The maximum atomic E-state index is 12.1. The molecule has 0 atom stereocenters. The van der Waals surface area contributed by atoms with E-state index < -0.39 is 12.6 Å². The SMILES string of the molecule is O=C(O)c1cc(OC(F)F)c(CBr)cc1Cl. The van der Waals surface area contributed by atoms with Crippen LogP contribution in [0.5, 0.6) is 5.75 Å². The van der Waals surface area contributed by atoms with Gasteiger partial charge in [0.05, 0.1) is 10.6 Å². The van der Waals surface area contributed by atoms with Crippen molar-refractivity contribution in [3.05, 3.63) is 28.3 Å². The van der Waals surface area contributed by atoms with E-state index in [-0.39, 0.29) is 21.7 Å². The van der Waals surface area contributed by atoms with Crippen LogP contribution in [0.2, 0.25) is 5.02 Å². The third kappa shape index (κ3) is 3.05. The highest BCUT2D eigenvalue weighted by Crippen LogP contribution is 2.30. The maximum Gasteiger partial charge on any atom is 0.387 e. The van der Waals surface area contributed by atoms with E-state index in [2.05, 4.69) is 20.7 Å². The molecule has 0 aromatic heterocycles. The first-order valence-electron chi connectivity index (χ1n) is 4.02. The van der Waals surface area contributed by atoms with Gasteiger partial charge in [0.15, 0.2) is 0 Å². The zero-order chi connectivity index (χ0) is 12.3. The zero-order valence-corrected chi connectivity index (χ0v) is 10.1. The number of benzene rings is 1. The molecule has 7 heteroatoms. The van der Waals surface area contributed by atoms with Gasteiger partial charge < -0.3 is 9.84 Å². The van der Waals surface area contributed by atoms with Crippen LogP contribution in [-0.2, 0) is 5.33 Å². The quantitative estimate of drug-likeness (QED) is 0.865. The lowest BCUT2D eigenvalue weighted by Crippen LogP contribution is -2.06. The Bertz CT molecular complexity index is 412. The molecule has 0 amide bonds. The van der Waals surface area contributed by atoms with E-state index in [1.165, 1.54) is 6.07 Å². The van der Waals surface area contributed by atoms with Crippen molar-refractivity contribution in [2.45, 2.75) is 11.9 Å². The fourth-order valence-electron chi connectivity index (χ4n) is 1.07. The number of hydrogen-bond donors (Lipinski definition) is 1. The lowest BCUT2D eigenvalue weighted by Gasteiger charge is -2.10. The first kappa shape index (κ1) is 13.2. The number of carboxylic acids is 1. The molecule has 1 aromatic carbocycles. The second-order valence-electron chi connectivity index (χ2n) is 2.76. The number of alkyl halides is 3. The number of carboxylic acid groups (broad SMARTS) is 1. The second kappa shape index (κ2) is 5.45. The van der Waals surface area contributed by atoms with Crippen LogP contribution in [-0.4, -0.2) is 17.7 Å². The third-order valence-electron chi connectivity index (χ3n) is 1.74. The fourth-order valence-corrected chi connectivity index (χ4v) is 1.77. The molecule has 0 saturated heterocycles. The smallest absolute Gasteiger partial charge is 0.387 e. The highest BCUT2D eigenvalue weighted by molar-refractivity contribution is 9.08. The lowest BCUT2D eigenvalue weighted by atomic mass is 10.1. The number of ether oxygens (including phenoxy) is 1. The van der Waals surface area contributed by atoms with Crippen molar-refractivity contribution in [2.75, 3.05) is 0 Å². The molecular formula is C9H6BrClF2O3. The van der Waals surface area contributed by atoms with Crippen molar-refractivity contribution in [1.29, 1.82) is 0 Å². The van der Waals surface area contributed by atoms with E-state index in [1.54, 1.807) is 0 Å². The predicted molar refractivity (Wildman–Crippen MR) is 57.7 cm³/mol. The van der Waals surface area contributed by atoms with Gasteiger partial charge in [-0.2, -0.15) is 8.78 Å². The summed E-state index contributed by atoms with van der Waals surface area (Å²) in [4.78, 5) is 10.7. The molecular weight excluding hydrogens is 309 g/mol. The molecule has 1 N–H and O–H groups in total.